The monoisotopic (exact) mass is 707 g/mol. The van der Waals surface area contributed by atoms with Crippen molar-refractivity contribution in [1.29, 1.82) is 0 Å². The van der Waals surface area contributed by atoms with Crippen LogP contribution in [0.2, 0.25) is 10.0 Å². The van der Waals surface area contributed by atoms with Gasteiger partial charge in [-0.2, -0.15) is 0 Å². The van der Waals surface area contributed by atoms with Crippen molar-refractivity contribution in [2.45, 2.75) is 109 Å². The summed E-state index contributed by atoms with van der Waals surface area (Å²) in [6, 6.07) is 1.72. The molecule has 48 heavy (non-hydrogen) atoms. The third kappa shape index (κ3) is 8.23. The highest BCUT2D eigenvalue weighted by atomic mass is 35.5. The van der Waals surface area contributed by atoms with Gasteiger partial charge in [-0.3, -0.25) is 19.2 Å². The summed E-state index contributed by atoms with van der Waals surface area (Å²) in [7, 11) is 0. The zero-order chi connectivity index (χ0) is 34.8. The number of likely N-dealkylation sites (tertiary alicyclic amines) is 1. The van der Waals surface area contributed by atoms with Crippen LogP contribution in [0.1, 0.15) is 78.2 Å². The fraction of sp³-hybridized carbons (Fsp3) is 0.636. The predicted octanol–water partition coefficient (Wildman–Crippen LogP) is 3.52. The minimum atomic E-state index is -1.13. The lowest BCUT2D eigenvalue weighted by molar-refractivity contribution is -0.144. The van der Waals surface area contributed by atoms with E-state index in [1.54, 1.807) is 39.0 Å². The van der Waals surface area contributed by atoms with E-state index in [0.717, 1.165) is 12.8 Å². The number of nitrogens with one attached hydrogen (secondary N) is 3. The van der Waals surface area contributed by atoms with Crippen molar-refractivity contribution in [3.05, 3.63) is 33.8 Å². The number of Topliss-reactive ketones (excluding diaryl/α,β-unsaturated/α-hetero) is 1. The number of alkyl carbamates (subject to hydrolysis) is 1. The second-order valence-electron chi connectivity index (χ2n) is 14.1. The molecule has 3 N–H and O–H groups in total. The second kappa shape index (κ2) is 14.6. The van der Waals surface area contributed by atoms with Gasteiger partial charge in [0.1, 0.15) is 18.2 Å². The highest BCUT2D eigenvalue weighted by molar-refractivity contribution is 6.40. The fourth-order valence-corrected chi connectivity index (χ4v) is 6.84. The molecule has 15 heteroatoms. The van der Waals surface area contributed by atoms with Gasteiger partial charge in [0.05, 0.1) is 41.6 Å². The Balaban J connectivity index is 1.40. The minimum absolute atomic E-state index is 0.0155. The number of halogens is 2. The molecule has 3 heterocycles. The molecule has 1 saturated carbocycles. The van der Waals surface area contributed by atoms with E-state index in [1.165, 1.54) is 4.90 Å². The number of rotatable bonds is 11. The molecule has 5 atom stereocenters. The summed E-state index contributed by atoms with van der Waals surface area (Å²) < 4.78 is 10.8. The highest BCUT2D eigenvalue weighted by Crippen LogP contribution is 2.42. The molecule has 4 aliphatic rings. The Labute approximate surface area is 289 Å². The summed E-state index contributed by atoms with van der Waals surface area (Å²) in [5, 5.41) is 13.2. The van der Waals surface area contributed by atoms with Crippen molar-refractivity contribution in [3.63, 3.8) is 0 Å². The number of hydrogen-bond acceptors (Lipinski definition) is 9. The molecule has 0 bridgehead atoms. The lowest BCUT2D eigenvalue weighted by atomic mass is 9.85. The van der Waals surface area contributed by atoms with E-state index in [-0.39, 0.29) is 38.5 Å². The molecular formula is C33H43Cl2N5O8. The van der Waals surface area contributed by atoms with Crippen molar-refractivity contribution >= 4 is 58.5 Å². The van der Waals surface area contributed by atoms with Gasteiger partial charge in [-0.25, -0.2) is 4.79 Å². The van der Waals surface area contributed by atoms with E-state index in [2.05, 4.69) is 21.1 Å². The van der Waals surface area contributed by atoms with Gasteiger partial charge in [-0.05, 0) is 36.8 Å². The van der Waals surface area contributed by atoms with Crippen LogP contribution < -0.4 is 16.0 Å². The van der Waals surface area contributed by atoms with E-state index < -0.39 is 64.8 Å². The molecule has 1 aromatic carbocycles. The smallest absolute Gasteiger partial charge is 0.408 e. The van der Waals surface area contributed by atoms with Crippen LogP contribution >= 0.6 is 23.2 Å². The number of nitrogens with zero attached hydrogens (tertiary/aromatic N) is 2. The summed E-state index contributed by atoms with van der Waals surface area (Å²) in [5.74, 6) is -2.66. The lowest BCUT2D eigenvalue weighted by Crippen LogP contribution is -2.59. The average Bonchev–Trinajstić information content (AvgIpc) is 3.37. The van der Waals surface area contributed by atoms with Crippen molar-refractivity contribution in [2.24, 2.45) is 10.6 Å². The Morgan fingerprint density at radius 3 is 2.42 bits per heavy atom. The SMILES string of the molecule is CCC[C@H](NC(=O)[C@@H]1C[C@]2(CC(c3c(Cl)cccc3Cl)=NO2)CN1C(=O)[C@@H](NC(=O)O[C@H]1CCOC1)C(C)(C)C)C(=O)C(=O)NC1CC1. The van der Waals surface area contributed by atoms with E-state index in [4.69, 9.17) is 37.5 Å². The van der Waals surface area contributed by atoms with Crippen molar-refractivity contribution < 1.29 is 38.3 Å². The van der Waals surface area contributed by atoms with E-state index >= 15 is 0 Å². The van der Waals surface area contributed by atoms with Gasteiger partial charge in [0.2, 0.25) is 17.6 Å². The summed E-state index contributed by atoms with van der Waals surface area (Å²) in [6.45, 7) is 7.88. The van der Waals surface area contributed by atoms with E-state index in [0.29, 0.717) is 40.8 Å². The quantitative estimate of drug-likeness (QED) is 0.294. The number of ketones is 1. The number of oxime groups is 1. The van der Waals surface area contributed by atoms with Gasteiger partial charge >= 0.3 is 6.09 Å². The maximum absolute atomic E-state index is 14.4. The first-order chi connectivity index (χ1) is 22.7. The maximum atomic E-state index is 14.4. The van der Waals surface area contributed by atoms with E-state index in [9.17, 15) is 24.0 Å². The van der Waals surface area contributed by atoms with Crippen LogP contribution in [0.25, 0.3) is 0 Å². The zero-order valence-corrected chi connectivity index (χ0v) is 29.1. The molecule has 1 aromatic rings. The summed E-state index contributed by atoms with van der Waals surface area (Å²) in [4.78, 5) is 74.6. The van der Waals surface area contributed by atoms with Crippen LogP contribution in [-0.4, -0.2) is 95.8 Å². The average molecular weight is 709 g/mol. The molecule has 4 amide bonds. The van der Waals surface area contributed by atoms with Gasteiger partial charge in [0.25, 0.3) is 5.91 Å². The molecular weight excluding hydrogens is 665 g/mol. The molecule has 262 valence electrons. The van der Waals surface area contributed by atoms with Crippen LogP contribution in [0.5, 0.6) is 0 Å². The number of amides is 4. The molecule has 1 spiro atoms. The zero-order valence-electron chi connectivity index (χ0n) is 27.6. The number of ether oxygens (including phenoxy) is 2. The minimum Gasteiger partial charge on any atom is -0.444 e. The van der Waals surface area contributed by atoms with Crippen LogP contribution in [0.3, 0.4) is 0 Å². The number of carbonyl (C=O) groups excluding carboxylic acids is 5. The molecule has 2 saturated heterocycles. The second-order valence-corrected chi connectivity index (χ2v) is 14.9. The molecule has 0 radical (unpaired) electrons. The maximum Gasteiger partial charge on any atom is 0.408 e. The molecule has 5 rings (SSSR count). The number of benzene rings is 1. The third-order valence-corrected chi connectivity index (χ3v) is 9.59. The first kappa shape index (κ1) is 35.9. The number of hydrogen-bond donors (Lipinski definition) is 3. The third-order valence-electron chi connectivity index (χ3n) is 8.96. The van der Waals surface area contributed by atoms with Gasteiger partial charge in [-0.1, -0.05) is 68.5 Å². The van der Waals surface area contributed by atoms with Crippen molar-refractivity contribution in [1.82, 2.24) is 20.9 Å². The van der Waals surface area contributed by atoms with Gasteiger partial charge in [0.15, 0.2) is 5.60 Å². The van der Waals surface area contributed by atoms with Crippen LogP contribution in [0.4, 0.5) is 4.79 Å². The molecule has 3 fully saturated rings. The Morgan fingerprint density at radius 1 is 1.10 bits per heavy atom. The van der Waals surface area contributed by atoms with Gasteiger partial charge in [0, 0.05) is 30.9 Å². The highest BCUT2D eigenvalue weighted by Gasteiger charge is 2.56. The van der Waals surface area contributed by atoms with Crippen LogP contribution in [0, 0.1) is 5.41 Å². The lowest BCUT2D eigenvalue weighted by Gasteiger charge is -2.35. The topological polar surface area (TPSA) is 165 Å². The molecule has 3 aliphatic heterocycles. The Hall–Kier alpha value is -3.42. The summed E-state index contributed by atoms with van der Waals surface area (Å²) in [6.07, 6.45) is 1.89. The van der Waals surface area contributed by atoms with Crippen molar-refractivity contribution in [3.8, 4) is 0 Å². The predicted molar refractivity (Wildman–Crippen MR) is 177 cm³/mol. The van der Waals surface area contributed by atoms with Gasteiger partial charge in [-0.15, -0.1) is 0 Å². The Morgan fingerprint density at radius 2 is 1.81 bits per heavy atom. The molecule has 13 nitrogen and oxygen atoms in total. The van der Waals surface area contributed by atoms with Crippen LogP contribution in [0.15, 0.2) is 23.4 Å². The normalized spacial score (nSPS) is 24.8. The molecule has 0 aromatic heterocycles. The number of carbonyl (C=O) groups is 5. The first-order valence-electron chi connectivity index (χ1n) is 16.4. The first-order valence-corrected chi connectivity index (χ1v) is 17.2. The summed E-state index contributed by atoms with van der Waals surface area (Å²) in [5.41, 5.74) is -0.980. The standard InChI is InChI=1S/C33H43Cl2N5O8/c1-5-7-22(26(41)29(43)36-18-10-11-18)37-28(42)24-15-33(14-23(39-48-33)25-20(34)8-6-9-21(25)35)17-40(24)30(44)27(32(2,3)4)38-31(45)47-19-12-13-46-16-19/h6,8-9,18-19,22,24,27H,5,7,10-17H2,1-4H3,(H,36,43)(H,37,42)(H,38,45)/t19-,22-,24-,27+,33+/m0/s1. The molecule has 1 aliphatic carbocycles. The van der Waals surface area contributed by atoms with Crippen LogP contribution in [-0.2, 0) is 33.5 Å². The Kier molecular flexibility index (Phi) is 10.9. The fourth-order valence-electron chi connectivity index (χ4n) is 6.23. The van der Waals surface area contributed by atoms with Crippen molar-refractivity contribution in [2.75, 3.05) is 19.8 Å². The Bertz CT molecular complexity index is 1450. The largest absolute Gasteiger partial charge is 0.444 e. The van der Waals surface area contributed by atoms with Gasteiger partial charge < -0.3 is 35.2 Å². The molecule has 0 unspecified atom stereocenters. The summed E-state index contributed by atoms with van der Waals surface area (Å²) >= 11 is 12.9. The van der Waals surface area contributed by atoms with E-state index in [1.807, 2.05) is 6.92 Å².